The Morgan fingerprint density at radius 2 is 2.37 bits per heavy atom. The normalized spacial score (nSPS) is 10.8. The number of hydrogen-bond acceptors (Lipinski definition) is 4. The summed E-state index contributed by atoms with van der Waals surface area (Å²) in [5.41, 5.74) is 2.45. The van der Waals surface area contributed by atoms with Crippen LogP contribution < -0.4 is 4.90 Å². The number of nitrogens with one attached hydrogen (secondary N) is 1. The van der Waals surface area contributed by atoms with Gasteiger partial charge in [0.05, 0.1) is 5.69 Å². The molecule has 0 aliphatic carbocycles. The van der Waals surface area contributed by atoms with E-state index in [-0.39, 0.29) is 0 Å². The number of carboxylic acid groups (broad SMARTS) is 1. The van der Waals surface area contributed by atoms with E-state index in [2.05, 4.69) is 15.0 Å². The first kappa shape index (κ1) is 11.7. The van der Waals surface area contributed by atoms with Crippen molar-refractivity contribution in [2.24, 2.45) is 0 Å². The maximum atomic E-state index is 10.9. The molecular formula is C12H10N4O2S. The van der Waals surface area contributed by atoms with Crippen molar-refractivity contribution < 1.29 is 9.90 Å². The number of hydrogen-bond donors (Lipinski definition) is 2. The Kier molecular flexibility index (Phi) is 2.68. The van der Waals surface area contributed by atoms with Crippen LogP contribution in [0.15, 0.2) is 29.9 Å². The molecule has 2 N–H and O–H groups in total. The molecule has 0 saturated heterocycles. The summed E-state index contributed by atoms with van der Waals surface area (Å²) in [6.07, 6.45) is 2.52. The van der Waals surface area contributed by atoms with Gasteiger partial charge in [-0.05, 0) is 12.1 Å². The zero-order valence-corrected chi connectivity index (χ0v) is 10.8. The fourth-order valence-electron chi connectivity index (χ4n) is 1.79. The third kappa shape index (κ3) is 1.93. The maximum absolute atomic E-state index is 10.9. The third-order valence-electron chi connectivity index (χ3n) is 2.79. The number of anilines is 1. The highest BCUT2D eigenvalue weighted by Gasteiger charge is 2.15. The first-order valence-corrected chi connectivity index (χ1v) is 6.39. The van der Waals surface area contributed by atoms with Crippen molar-refractivity contribution in [2.45, 2.75) is 0 Å². The summed E-state index contributed by atoms with van der Waals surface area (Å²) >= 11 is 1.29. The highest BCUT2D eigenvalue weighted by atomic mass is 32.1. The molecule has 0 radical (unpaired) electrons. The van der Waals surface area contributed by atoms with Crippen LogP contribution in [0.1, 0.15) is 0 Å². The minimum absolute atomic E-state index is 0.445. The summed E-state index contributed by atoms with van der Waals surface area (Å²) in [6.45, 7) is 0. The van der Waals surface area contributed by atoms with Gasteiger partial charge in [-0.15, -0.1) is 11.3 Å². The van der Waals surface area contributed by atoms with Crippen molar-refractivity contribution in [1.82, 2.24) is 15.0 Å². The van der Waals surface area contributed by atoms with Gasteiger partial charge in [0.15, 0.2) is 5.13 Å². The second-order valence-corrected chi connectivity index (χ2v) is 4.80. The van der Waals surface area contributed by atoms with E-state index in [1.807, 2.05) is 23.7 Å². The highest BCUT2D eigenvalue weighted by Crippen LogP contribution is 2.31. The predicted molar refractivity (Wildman–Crippen MR) is 73.6 cm³/mol. The minimum Gasteiger partial charge on any atom is -0.465 e. The Balaban J connectivity index is 2.05. The molecule has 0 aliphatic rings. The summed E-state index contributed by atoms with van der Waals surface area (Å²) in [6, 6.07) is 3.81. The summed E-state index contributed by atoms with van der Waals surface area (Å²) in [5.74, 6) is 0. The number of carbonyl (C=O) groups is 1. The first-order chi connectivity index (χ1) is 9.16. The molecule has 0 fully saturated rings. The average Bonchev–Trinajstić information content (AvgIpc) is 3.03. The Labute approximate surface area is 112 Å². The van der Waals surface area contributed by atoms with E-state index in [0.29, 0.717) is 5.13 Å². The van der Waals surface area contributed by atoms with Crippen LogP contribution in [0.5, 0.6) is 0 Å². The van der Waals surface area contributed by atoms with E-state index >= 15 is 0 Å². The number of amides is 1. The molecule has 3 heterocycles. The van der Waals surface area contributed by atoms with Crippen LogP contribution in [0.2, 0.25) is 0 Å². The van der Waals surface area contributed by atoms with Crippen LogP contribution in [-0.2, 0) is 0 Å². The van der Waals surface area contributed by atoms with E-state index in [9.17, 15) is 4.79 Å². The highest BCUT2D eigenvalue weighted by molar-refractivity contribution is 7.14. The molecule has 19 heavy (non-hydrogen) atoms. The largest absolute Gasteiger partial charge is 0.465 e. The molecular weight excluding hydrogens is 264 g/mol. The predicted octanol–water partition coefficient (Wildman–Crippen LogP) is 2.80. The van der Waals surface area contributed by atoms with Crippen molar-refractivity contribution in [1.29, 1.82) is 0 Å². The monoisotopic (exact) mass is 274 g/mol. The second-order valence-electron chi connectivity index (χ2n) is 3.96. The van der Waals surface area contributed by atoms with Crippen LogP contribution in [-0.4, -0.2) is 33.2 Å². The van der Waals surface area contributed by atoms with Crippen molar-refractivity contribution in [3.8, 4) is 11.3 Å². The van der Waals surface area contributed by atoms with E-state index in [1.54, 1.807) is 6.20 Å². The van der Waals surface area contributed by atoms with E-state index in [4.69, 9.17) is 5.11 Å². The molecule has 0 aliphatic heterocycles. The molecule has 0 unspecified atom stereocenters. The van der Waals surface area contributed by atoms with Crippen LogP contribution in [0.4, 0.5) is 9.93 Å². The van der Waals surface area contributed by atoms with Crippen molar-refractivity contribution >= 4 is 33.6 Å². The van der Waals surface area contributed by atoms with Gasteiger partial charge in [-0.2, -0.15) is 0 Å². The van der Waals surface area contributed by atoms with Gasteiger partial charge in [0.1, 0.15) is 5.65 Å². The fourth-order valence-corrected chi connectivity index (χ4v) is 2.58. The molecule has 0 spiro atoms. The minimum atomic E-state index is -1.03. The Bertz CT molecular complexity index is 749. The lowest BCUT2D eigenvalue weighted by Crippen LogP contribution is -2.23. The van der Waals surface area contributed by atoms with Crippen LogP contribution in [0, 0.1) is 0 Å². The Hall–Kier alpha value is -2.41. The SMILES string of the molecule is CN(C(=O)O)c1nc(-c2c[nH]c3ncccc23)cs1. The van der Waals surface area contributed by atoms with E-state index < -0.39 is 6.09 Å². The van der Waals surface area contributed by atoms with Crippen LogP contribution in [0.25, 0.3) is 22.3 Å². The molecule has 6 nitrogen and oxygen atoms in total. The summed E-state index contributed by atoms with van der Waals surface area (Å²) < 4.78 is 0. The molecule has 96 valence electrons. The molecule has 0 saturated carbocycles. The number of thiazole rings is 1. The van der Waals surface area contributed by atoms with E-state index in [1.165, 1.54) is 18.4 Å². The smallest absolute Gasteiger partial charge is 0.413 e. The second kappa shape index (κ2) is 4.36. The third-order valence-corrected chi connectivity index (χ3v) is 3.71. The van der Waals surface area contributed by atoms with Crippen molar-refractivity contribution in [3.05, 3.63) is 29.9 Å². The number of fused-ring (bicyclic) bond motifs is 1. The number of aromatic nitrogens is 3. The fraction of sp³-hybridized carbons (Fsp3) is 0.0833. The lowest BCUT2D eigenvalue weighted by Gasteiger charge is -2.07. The van der Waals surface area contributed by atoms with Gasteiger partial charge in [-0.1, -0.05) is 0 Å². The summed E-state index contributed by atoms with van der Waals surface area (Å²) in [4.78, 5) is 23.6. The van der Waals surface area contributed by atoms with Gasteiger partial charge in [0, 0.05) is 35.8 Å². The average molecular weight is 274 g/mol. The lowest BCUT2D eigenvalue weighted by atomic mass is 10.2. The van der Waals surface area contributed by atoms with Crippen molar-refractivity contribution in [3.63, 3.8) is 0 Å². The van der Waals surface area contributed by atoms with Crippen LogP contribution in [0.3, 0.4) is 0 Å². The zero-order valence-electron chi connectivity index (χ0n) is 9.99. The van der Waals surface area contributed by atoms with E-state index in [0.717, 1.165) is 27.2 Å². The molecule has 0 bridgehead atoms. The molecule has 1 amide bonds. The summed E-state index contributed by atoms with van der Waals surface area (Å²) in [5, 5.41) is 12.2. The Morgan fingerprint density at radius 3 is 3.16 bits per heavy atom. The quantitative estimate of drug-likeness (QED) is 0.752. The standard InChI is InChI=1S/C12H10N4O2S/c1-16(12(17)18)11-15-9(6-19-11)8-5-14-10-7(8)3-2-4-13-10/h2-6H,1H3,(H,13,14)(H,17,18). The van der Waals surface area contributed by atoms with Gasteiger partial charge in [0.25, 0.3) is 0 Å². The van der Waals surface area contributed by atoms with Crippen LogP contribution >= 0.6 is 11.3 Å². The van der Waals surface area contributed by atoms with Gasteiger partial charge < -0.3 is 10.1 Å². The number of H-pyrrole nitrogens is 1. The molecule has 3 aromatic heterocycles. The lowest BCUT2D eigenvalue weighted by molar-refractivity contribution is 0.203. The number of rotatable bonds is 2. The molecule has 3 aromatic rings. The van der Waals surface area contributed by atoms with Crippen molar-refractivity contribution in [2.75, 3.05) is 11.9 Å². The number of nitrogens with zero attached hydrogens (tertiary/aromatic N) is 3. The molecule has 3 rings (SSSR count). The first-order valence-electron chi connectivity index (χ1n) is 5.51. The van der Waals surface area contributed by atoms with Gasteiger partial charge >= 0.3 is 6.09 Å². The summed E-state index contributed by atoms with van der Waals surface area (Å²) in [7, 11) is 1.47. The van der Waals surface area contributed by atoms with Gasteiger partial charge in [-0.25, -0.2) is 14.8 Å². The topological polar surface area (TPSA) is 82.1 Å². The molecule has 0 atom stereocenters. The molecule has 0 aromatic carbocycles. The van der Waals surface area contributed by atoms with Gasteiger partial charge in [-0.3, -0.25) is 4.90 Å². The maximum Gasteiger partial charge on any atom is 0.413 e. The van der Waals surface area contributed by atoms with Gasteiger partial charge in [0.2, 0.25) is 0 Å². The number of aromatic amines is 1. The zero-order chi connectivity index (χ0) is 13.4. The Morgan fingerprint density at radius 1 is 1.53 bits per heavy atom. The number of pyridine rings is 1. The molecule has 7 heteroatoms.